The molecule has 2 rings (SSSR count). The van der Waals surface area contributed by atoms with Crippen molar-refractivity contribution < 1.29 is 22.3 Å². The van der Waals surface area contributed by atoms with Crippen molar-refractivity contribution in [2.24, 2.45) is 0 Å². The smallest absolute Gasteiger partial charge is 0.262 e. The van der Waals surface area contributed by atoms with Gasteiger partial charge in [-0.1, -0.05) is 17.7 Å². The number of rotatable bonds is 4. The number of halogens is 3. The molecule has 112 valence electrons. The first-order valence-corrected chi connectivity index (χ1v) is 7.57. The first-order valence-electron chi connectivity index (χ1n) is 5.70. The topological polar surface area (TPSA) is 66.4 Å². The zero-order valence-corrected chi connectivity index (χ0v) is 12.0. The summed E-state index contributed by atoms with van der Waals surface area (Å²) in [4.78, 5) is -0.201. The molecule has 0 radical (unpaired) electrons. The van der Waals surface area contributed by atoms with Crippen LogP contribution in [0.5, 0.6) is 0 Å². The van der Waals surface area contributed by atoms with Crippen LogP contribution in [0.25, 0.3) is 0 Å². The monoisotopic (exact) mass is 333 g/mol. The molecule has 8 heteroatoms. The van der Waals surface area contributed by atoms with Gasteiger partial charge in [-0.3, -0.25) is 4.72 Å². The van der Waals surface area contributed by atoms with Crippen LogP contribution in [-0.4, -0.2) is 13.5 Å². The number of aliphatic hydroxyl groups excluding tert-OH is 1. The summed E-state index contributed by atoms with van der Waals surface area (Å²) < 4.78 is 52.4. The highest BCUT2D eigenvalue weighted by Gasteiger charge is 2.18. The van der Waals surface area contributed by atoms with E-state index in [9.17, 15) is 17.2 Å². The van der Waals surface area contributed by atoms with E-state index < -0.39 is 21.7 Å². The van der Waals surface area contributed by atoms with Gasteiger partial charge in [0.2, 0.25) is 0 Å². The molecule has 21 heavy (non-hydrogen) atoms. The minimum absolute atomic E-state index is 0.0694. The summed E-state index contributed by atoms with van der Waals surface area (Å²) in [6.45, 7) is -0.334. The Bertz CT molecular complexity index is 781. The molecule has 0 aromatic heterocycles. The Labute approximate surface area is 125 Å². The Kier molecular flexibility index (Phi) is 4.46. The van der Waals surface area contributed by atoms with Crippen molar-refractivity contribution in [3.05, 3.63) is 58.6 Å². The van der Waals surface area contributed by atoms with Gasteiger partial charge in [-0.15, -0.1) is 0 Å². The second-order valence-corrected chi connectivity index (χ2v) is 6.23. The minimum atomic E-state index is -4.07. The molecule has 0 aliphatic rings. The molecule has 2 aromatic carbocycles. The van der Waals surface area contributed by atoms with Crippen molar-refractivity contribution in [3.63, 3.8) is 0 Å². The lowest BCUT2D eigenvalue weighted by Crippen LogP contribution is -2.14. The van der Waals surface area contributed by atoms with Crippen molar-refractivity contribution in [1.29, 1.82) is 0 Å². The largest absolute Gasteiger partial charge is 0.392 e. The molecular formula is C13H10ClF2NO3S. The average Bonchev–Trinajstić information content (AvgIpc) is 2.42. The van der Waals surface area contributed by atoms with Crippen molar-refractivity contribution in [1.82, 2.24) is 0 Å². The van der Waals surface area contributed by atoms with E-state index in [2.05, 4.69) is 0 Å². The lowest BCUT2D eigenvalue weighted by atomic mass is 10.2. The molecule has 2 N–H and O–H groups in total. The van der Waals surface area contributed by atoms with Crippen LogP contribution in [0.4, 0.5) is 14.5 Å². The lowest BCUT2D eigenvalue weighted by molar-refractivity contribution is 0.282. The Hall–Kier alpha value is -1.70. The van der Waals surface area contributed by atoms with Crippen molar-refractivity contribution >= 4 is 27.3 Å². The number of sulfonamides is 1. The van der Waals surface area contributed by atoms with Gasteiger partial charge in [0.1, 0.15) is 11.6 Å². The molecule has 0 atom stereocenters. The summed E-state index contributed by atoms with van der Waals surface area (Å²) in [5.41, 5.74) is -0.0117. The maximum absolute atomic E-state index is 13.5. The van der Waals surface area contributed by atoms with E-state index in [4.69, 9.17) is 16.7 Å². The van der Waals surface area contributed by atoms with Gasteiger partial charge in [0.15, 0.2) is 0 Å². The number of aliphatic hydroxyl groups is 1. The third-order valence-corrected chi connectivity index (χ3v) is 4.40. The normalized spacial score (nSPS) is 11.4. The third kappa shape index (κ3) is 3.49. The second-order valence-electron chi connectivity index (χ2n) is 4.14. The molecule has 0 heterocycles. The van der Waals surface area contributed by atoms with E-state index >= 15 is 0 Å². The van der Waals surface area contributed by atoms with Crippen molar-refractivity contribution in [3.8, 4) is 0 Å². The fourth-order valence-electron chi connectivity index (χ4n) is 1.60. The first-order chi connectivity index (χ1) is 9.83. The summed E-state index contributed by atoms with van der Waals surface area (Å²) in [7, 11) is -4.07. The molecule has 2 aromatic rings. The highest BCUT2D eigenvalue weighted by Crippen LogP contribution is 2.24. The zero-order valence-electron chi connectivity index (χ0n) is 10.5. The number of benzene rings is 2. The van der Waals surface area contributed by atoms with Gasteiger partial charge in [-0.05, 0) is 29.8 Å². The molecule has 0 aliphatic carbocycles. The molecule has 0 spiro atoms. The van der Waals surface area contributed by atoms with Crippen LogP contribution in [0.15, 0.2) is 41.3 Å². The van der Waals surface area contributed by atoms with Crippen LogP contribution < -0.4 is 4.72 Å². The molecule has 0 amide bonds. The first kappa shape index (κ1) is 15.7. The van der Waals surface area contributed by atoms with Crippen molar-refractivity contribution in [2.75, 3.05) is 4.72 Å². The summed E-state index contributed by atoms with van der Waals surface area (Å²) in [6, 6.07) is 6.18. The van der Waals surface area contributed by atoms with Gasteiger partial charge in [0.05, 0.1) is 17.2 Å². The fourth-order valence-corrected chi connectivity index (χ4v) is 3.00. The second kappa shape index (κ2) is 5.97. The summed E-state index contributed by atoms with van der Waals surface area (Å²) in [5.74, 6) is -1.84. The molecule has 0 saturated carbocycles. The Morgan fingerprint density at radius 1 is 1.14 bits per heavy atom. The zero-order chi connectivity index (χ0) is 15.6. The summed E-state index contributed by atoms with van der Waals surface area (Å²) in [5, 5.41) is 9.04. The van der Waals surface area contributed by atoms with Gasteiger partial charge >= 0.3 is 0 Å². The van der Waals surface area contributed by atoms with Crippen molar-refractivity contribution in [2.45, 2.75) is 11.5 Å². The molecule has 0 unspecified atom stereocenters. The van der Waals surface area contributed by atoms with E-state index in [1.807, 2.05) is 4.72 Å². The predicted octanol–water partition coefficient (Wildman–Crippen LogP) is 2.91. The van der Waals surface area contributed by atoms with E-state index in [-0.39, 0.29) is 22.2 Å². The van der Waals surface area contributed by atoms with E-state index in [0.717, 1.165) is 18.2 Å². The van der Waals surface area contributed by atoms with Gasteiger partial charge < -0.3 is 5.11 Å². The minimum Gasteiger partial charge on any atom is -0.392 e. The molecular weight excluding hydrogens is 324 g/mol. The van der Waals surface area contributed by atoms with Gasteiger partial charge in [-0.25, -0.2) is 17.2 Å². The van der Waals surface area contributed by atoms with Crippen LogP contribution in [-0.2, 0) is 16.6 Å². The molecule has 0 fully saturated rings. The number of hydrogen-bond donors (Lipinski definition) is 2. The Balaban J connectivity index is 2.36. The lowest BCUT2D eigenvalue weighted by Gasteiger charge is -2.10. The quantitative estimate of drug-likeness (QED) is 0.904. The molecule has 0 aliphatic heterocycles. The van der Waals surface area contributed by atoms with Crippen LogP contribution >= 0.6 is 11.6 Å². The molecule has 0 saturated heterocycles. The third-order valence-electron chi connectivity index (χ3n) is 2.68. The number of anilines is 1. The van der Waals surface area contributed by atoms with Gasteiger partial charge in [0.25, 0.3) is 10.0 Å². The maximum atomic E-state index is 13.5. The van der Waals surface area contributed by atoms with Crippen LogP contribution in [0, 0.1) is 11.6 Å². The molecule has 4 nitrogen and oxygen atoms in total. The van der Waals surface area contributed by atoms with Crippen LogP contribution in [0.2, 0.25) is 5.02 Å². The SMILES string of the molecule is O=S(=O)(Nc1ccc(F)cc1F)c1ccc(CO)c(Cl)c1. The van der Waals surface area contributed by atoms with E-state index in [0.29, 0.717) is 11.6 Å². The highest BCUT2D eigenvalue weighted by atomic mass is 35.5. The van der Waals surface area contributed by atoms with Crippen LogP contribution in [0.3, 0.4) is 0 Å². The van der Waals surface area contributed by atoms with Gasteiger partial charge in [0, 0.05) is 11.1 Å². The average molecular weight is 334 g/mol. The highest BCUT2D eigenvalue weighted by molar-refractivity contribution is 7.92. The number of nitrogens with one attached hydrogen (secondary N) is 1. The maximum Gasteiger partial charge on any atom is 0.262 e. The Morgan fingerprint density at radius 3 is 2.43 bits per heavy atom. The van der Waals surface area contributed by atoms with Gasteiger partial charge in [-0.2, -0.15) is 0 Å². The summed E-state index contributed by atoms with van der Waals surface area (Å²) >= 11 is 5.81. The van der Waals surface area contributed by atoms with E-state index in [1.165, 1.54) is 12.1 Å². The standard InChI is InChI=1S/C13H10ClF2NO3S/c14-11-6-10(3-1-8(11)7-18)21(19,20)17-13-4-2-9(15)5-12(13)16/h1-6,17-18H,7H2. The van der Waals surface area contributed by atoms with E-state index in [1.54, 1.807) is 0 Å². The molecule has 0 bridgehead atoms. The van der Waals surface area contributed by atoms with Crippen LogP contribution in [0.1, 0.15) is 5.56 Å². The predicted molar refractivity (Wildman–Crippen MR) is 74.5 cm³/mol. The summed E-state index contributed by atoms with van der Waals surface area (Å²) in [6.07, 6.45) is 0. The Morgan fingerprint density at radius 2 is 1.86 bits per heavy atom. The number of hydrogen-bond acceptors (Lipinski definition) is 3. The fraction of sp³-hybridized carbons (Fsp3) is 0.0769.